The molecule has 0 atom stereocenters. The van der Waals surface area contributed by atoms with Crippen LogP contribution < -0.4 is 0 Å². The fourth-order valence-electron chi connectivity index (χ4n) is 5.13. The van der Waals surface area contributed by atoms with Crippen LogP contribution in [0.3, 0.4) is 0 Å². The van der Waals surface area contributed by atoms with Gasteiger partial charge in [-0.15, -0.1) is 0 Å². The van der Waals surface area contributed by atoms with Crippen LogP contribution in [-0.4, -0.2) is 11.7 Å². The Morgan fingerprint density at radius 1 is 0.242 bits per heavy atom. The lowest BCUT2D eigenvalue weighted by atomic mass is 10.0. The van der Waals surface area contributed by atoms with E-state index in [1.54, 1.807) is 0 Å². The molecule has 0 fully saturated rings. The van der Waals surface area contributed by atoms with Gasteiger partial charge in [0.05, 0.1) is 0 Å². The fourth-order valence-corrected chi connectivity index (χ4v) is 5.13. The molecule has 0 aromatic heterocycles. The first-order valence-electron chi connectivity index (χ1n) is 16.0. The third kappa shape index (κ3) is 32.0. The summed E-state index contributed by atoms with van der Waals surface area (Å²) in [7, 11) is 0. The molecule has 0 bridgehead atoms. The molecule has 0 aromatic rings. The van der Waals surface area contributed by atoms with Crippen molar-refractivity contribution in [3.63, 3.8) is 0 Å². The Kier molecular flexibility index (Phi) is 31.9. The molecule has 200 valence electrons. The van der Waals surface area contributed by atoms with Crippen LogP contribution in [0.2, 0.25) is 0 Å². The third-order valence-corrected chi connectivity index (χ3v) is 7.51. The SMILES string of the molecule is CCCCCCCCCCCCCCCCCCCCCCCCCCCCCCCCO. The first-order chi connectivity index (χ1) is 16.4. The van der Waals surface area contributed by atoms with Crippen LogP contribution in [0.5, 0.6) is 0 Å². The van der Waals surface area contributed by atoms with Gasteiger partial charge in [-0.25, -0.2) is 0 Å². The summed E-state index contributed by atoms with van der Waals surface area (Å²) in [5.41, 5.74) is 0. The summed E-state index contributed by atoms with van der Waals surface area (Å²) < 4.78 is 0. The summed E-state index contributed by atoms with van der Waals surface area (Å²) in [6.45, 7) is 2.68. The normalized spacial score (nSPS) is 11.5. The Labute approximate surface area is 211 Å². The van der Waals surface area contributed by atoms with E-state index in [4.69, 9.17) is 5.11 Å². The number of hydrogen-bond acceptors (Lipinski definition) is 1. The fraction of sp³-hybridized carbons (Fsp3) is 1.00. The summed E-state index contributed by atoms with van der Waals surface area (Å²) in [6, 6.07) is 0. The molecule has 0 aliphatic rings. The molecular weight excluding hydrogens is 400 g/mol. The van der Waals surface area contributed by atoms with Gasteiger partial charge in [-0.05, 0) is 6.42 Å². The zero-order chi connectivity index (χ0) is 23.9. The number of rotatable bonds is 30. The standard InChI is InChI=1S/C32H66O/c1-2-3-4-5-6-7-8-9-10-11-12-13-14-15-16-17-18-19-20-21-22-23-24-25-26-27-28-29-30-31-32-33/h33H,2-32H2,1H3. The molecule has 0 aliphatic heterocycles. The Bertz CT molecular complexity index is 284. The lowest BCUT2D eigenvalue weighted by molar-refractivity contribution is 0.282. The average molecular weight is 467 g/mol. The van der Waals surface area contributed by atoms with Gasteiger partial charge in [0.1, 0.15) is 0 Å². The van der Waals surface area contributed by atoms with Crippen LogP contribution in [0, 0.1) is 0 Å². The predicted molar refractivity (Wildman–Crippen MR) is 151 cm³/mol. The smallest absolute Gasteiger partial charge is 0.0431 e. The zero-order valence-electron chi connectivity index (χ0n) is 23.4. The summed E-state index contributed by atoms with van der Waals surface area (Å²) in [6.07, 6.45) is 43.1. The maximum absolute atomic E-state index is 8.77. The summed E-state index contributed by atoms with van der Waals surface area (Å²) in [5.74, 6) is 0. The Balaban J connectivity index is 2.99. The molecule has 33 heavy (non-hydrogen) atoms. The van der Waals surface area contributed by atoms with Crippen LogP contribution >= 0.6 is 0 Å². The highest BCUT2D eigenvalue weighted by molar-refractivity contribution is 4.52. The Hall–Kier alpha value is -0.0400. The largest absolute Gasteiger partial charge is 0.396 e. The van der Waals surface area contributed by atoms with E-state index in [-0.39, 0.29) is 0 Å². The molecule has 0 unspecified atom stereocenters. The second-order valence-corrected chi connectivity index (χ2v) is 11.0. The highest BCUT2D eigenvalue weighted by Crippen LogP contribution is 2.16. The van der Waals surface area contributed by atoms with Crippen molar-refractivity contribution in [2.24, 2.45) is 0 Å². The molecule has 0 rings (SSSR count). The molecule has 0 heterocycles. The van der Waals surface area contributed by atoms with E-state index >= 15 is 0 Å². The van der Waals surface area contributed by atoms with Crippen molar-refractivity contribution < 1.29 is 5.11 Å². The number of aliphatic hydroxyl groups excluding tert-OH is 1. The summed E-state index contributed by atoms with van der Waals surface area (Å²) in [4.78, 5) is 0. The van der Waals surface area contributed by atoms with Crippen molar-refractivity contribution in [1.29, 1.82) is 0 Å². The van der Waals surface area contributed by atoms with E-state index in [9.17, 15) is 0 Å². The molecule has 0 saturated carbocycles. The van der Waals surface area contributed by atoms with E-state index in [1.807, 2.05) is 0 Å². The van der Waals surface area contributed by atoms with Gasteiger partial charge < -0.3 is 5.11 Å². The monoisotopic (exact) mass is 467 g/mol. The van der Waals surface area contributed by atoms with Gasteiger partial charge in [0.15, 0.2) is 0 Å². The van der Waals surface area contributed by atoms with Crippen LogP contribution in [-0.2, 0) is 0 Å². The topological polar surface area (TPSA) is 20.2 Å². The Morgan fingerprint density at radius 3 is 0.545 bits per heavy atom. The molecule has 1 nitrogen and oxygen atoms in total. The summed E-state index contributed by atoms with van der Waals surface area (Å²) >= 11 is 0. The van der Waals surface area contributed by atoms with Crippen LogP contribution in [0.1, 0.15) is 200 Å². The van der Waals surface area contributed by atoms with Gasteiger partial charge in [0, 0.05) is 6.61 Å². The molecule has 0 spiro atoms. The van der Waals surface area contributed by atoms with E-state index in [1.165, 1.54) is 186 Å². The van der Waals surface area contributed by atoms with Gasteiger partial charge in [0.2, 0.25) is 0 Å². The van der Waals surface area contributed by atoms with Gasteiger partial charge in [0.25, 0.3) is 0 Å². The maximum Gasteiger partial charge on any atom is 0.0431 e. The van der Waals surface area contributed by atoms with Gasteiger partial charge >= 0.3 is 0 Å². The maximum atomic E-state index is 8.77. The van der Waals surface area contributed by atoms with Crippen molar-refractivity contribution in [2.75, 3.05) is 6.61 Å². The van der Waals surface area contributed by atoms with Crippen molar-refractivity contribution in [1.82, 2.24) is 0 Å². The molecule has 1 heteroatoms. The Morgan fingerprint density at radius 2 is 0.394 bits per heavy atom. The minimum atomic E-state index is 0.375. The van der Waals surface area contributed by atoms with Gasteiger partial charge in [-0.3, -0.25) is 0 Å². The highest BCUT2D eigenvalue weighted by Gasteiger charge is 1.96. The van der Waals surface area contributed by atoms with Crippen molar-refractivity contribution >= 4 is 0 Å². The van der Waals surface area contributed by atoms with Crippen molar-refractivity contribution in [3.8, 4) is 0 Å². The van der Waals surface area contributed by atoms with E-state index in [0.717, 1.165) is 6.42 Å². The quantitative estimate of drug-likeness (QED) is 0.104. The molecule has 1 N–H and O–H groups in total. The first-order valence-corrected chi connectivity index (χ1v) is 16.0. The molecule has 0 amide bonds. The van der Waals surface area contributed by atoms with Crippen LogP contribution in [0.25, 0.3) is 0 Å². The van der Waals surface area contributed by atoms with Crippen LogP contribution in [0.4, 0.5) is 0 Å². The molecular formula is C32H66O. The van der Waals surface area contributed by atoms with E-state index < -0.39 is 0 Å². The second-order valence-electron chi connectivity index (χ2n) is 11.0. The van der Waals surface area contributed by atoms with Crippen LogP contribution in [0.15, 0.2) is 0 Å². The number of unbranched alkanes of at least 4 members (excludes halogenated alkanes) is 29. The minimum absolute atomic E-state index is 0.375. The van der Waals surface area contributed by atoms with Crippen molar-refractivity contribution in [2.45, 2.75) is 200 Å². The number of aliphatic hydroxyl groups is 1. The van der Waals surface area contributed by atoms with E-state index in [2.05, 4.69) is 6.92 Å². The lowest BCUT2D eigenvalue weighted by Gasteiger charge is -2.04. The third-order valence-electron chi connectivity index (χ3n) is 7.51. The lowest BCUT2D eigenvalue weighted by Crippen LogP contribution is -1.85. The summed E-state index contributed by atoms with van der Waals surface area (Å²) in [5, 5.41) is 8.77. The molecule has 0 aliphatic carbocycles. The van der Waals surface area contributed by atoms with Crippen molar-refractivity contribution in [3.05, 3.63) is 0 Å². The highest BCUT2D eigenvalue weighted by atomic mass is 16.2. The molecule has 0 radical (unpaired) electrons. The van der Waals surface area contributed by atoms with Gasteiger partial charge in [-0.2, -0.15) is 0 Å². The number of hydrogen-bond donors (Lipinski definition) is 1. The van der Waals surface area contributed by atoms with E-state index in [0.29, 0.717) is 6.61 Å². The second kappa shape index (κ2) is 32.0. The molecule has 0 aromatic carbocycles. The zero-order valence-corrected chi connectivity index (χ0v) is 23.4. The first kappa shape index (κ1) is 33.0. The molecule has 0 saturated heterocycles. The predicted octanol–water partition coefficient (Wildman–Crippen LogP) is 11.7. The average Bonchev–Trinajstić information content (AvgIpc) is 2.83. The van der Waals surface area contributed by atoms with Gasteiger partial charge in [-0.1, -0.05) is 193 Å². The minimum Gasteiger partial charge on any atom is -0.396 e.